The van der Waals surface area contributed by atoms with Crippen LogP contribution < -0.4 is 14.4 Å². The molecule has 0 radical (unpaired) electrons. The number of aryl methyl sites for hydroxylation is 1. The van der Waals surface area contributed by atoms with Crippen LogP contribution in [0, 0.1) is 6.92 Å². The van der Waals surface area contributed by atoms with Crippen molar-refractivity contribution in [3.05, 3.63) is 88.9 Å². The summed E-state index contributed by atoms with van der Waals surface area (Å²) < 4.78 is 33.9. The van der Waals surface area contributed by atoms with Gasteiger partial charge in [-0.1, -0.05) is 60.8 Å². The van der Waals surface area contributed by atoms with E-state index in [0.29, 0.717) is 17.3 Å². The van der Waals surface area contributed by atoms with Gasteiger partial charge in [-0.05, 0) is 68.3 Å². The first-order valence-electron chi connectivity index (χ1n) is 13.1. The molecular weight excluding hydrogens is 550 g/mol. The van der Waals surface area contributed by atoms with Gasteiger partial charge in [-0.2, -0.15) is 0 Å². The van der Waals surface area contributed by atoms with Gasteiger partial charge in [0.15, 0.2) is 0 Å². The molecule has 0 fully saturated rings. The Hall–Kier alpha value is -3.56. The number of hydrogen-bond donors (Lipinski definition) is 1. The lowest BCUT2D eigenvalue weighted by Crippen LogP contribution is -2.51. The van der Waals surface area contributed by atoms with Crippen molar-refractivity contribution in [3.63, 3.8) is 0 Å². The Balaban J connectivity index is 1.99. The van der Waals surface area contributed by atoms with Gasteiger partial charge in [0.1, 0.15) is 18.3 Å². The van der Waals surface area contributed by atoms with E-state index in [0.717, 1.165) is 28.3 Å². The Labute approximate surface area is 241 Å². The van der Waals surface area contributed by atoms with E-state index in [1.165, 1.54) is 23.1 Å². The van der Waals surface area contributed by atoms with E-state index in [2.05, 4.69) is 5.32 Å². The van der Waals surface area contributed by atoms with Crippen LogP contribution in [0.15, 0.2) is 77.7 Å². The first-order valence-corrected chi connectivity index (χ1v) is 14.9. The van der Waals surface area contributed by atoms with Gasteiger partial charge >= 0.3 is 0 Å². The fraction of sp³-hybridized carbons (Fsp3) is 0.333. The van der Waals surface area contributed by atoms with Crippen molar-refractivity contribution in [2.75, 3.05) is 24.5 Å². The molecule has 0 aromatic heterocycles. The highest BCUT2D eigenvalue weighted by molar-refractivity contribution is 7.92. The Kier molecular flexibility index (Phi) is 11.0. The molecule has 2 amide bonds. The van der Waals surface area contributed by atoms with E-state index in [1.54, 1.807) is 68.6 Å². The molecule has 0 saturated carbocycles. The predicted octanol–water partition coefficient (Wildman–Crippen LogP) is 5.19. The number of ether oxygens (including phenoxy) is 1. The minimum Gasteiger partial charge on any atom is -0.497 e. The second kappa shape index (κ2) is 14.2. The van der Waals surface area contributed by atoms with Gasteiger partial charge in [0.05, 0.1) is 17.7 Å². The second-order valence-electron chi connectivity index (χ2n) is 9.49. The lowest BCUT2D eigenvalue weighted by atomic mass is 10.1. The average Bonchev–Trinajstić information content (AvgIpc) is 2.94. The number of carbonyl (C=O) groups excluding carboxylic acids is 2. The molecule has 1 atom stereocenters. The van der Waals surface area contributed by atoms with Crippen LogP contribution in [0.1, 0.15) is 37.8 Å². The molecule has 214 valence electrons. The average molecular weight is 586 g/mol. The van der Waals surface area contributed by atoms with Gasteiger partial charge in [-0.3, -0.25) is 13.9 Å². The second-order valence-corrected chi connectivity index (χ2v) is 11.8. The van der Waals surface area contributed by atoms with Gasteiger partial charge in [0.2, 0.25) is 11.8 Å². The molecule has 3 aromatic rings. The van der Waals surface area contributed by atoms with E-state index >= 15 is 0 Å². The number of unbranched alkanes of at least 4 members (excludes halogenated alkanes) is 1. The maximum atomic E-state index is 13.9. The number of halogens is 1. The summed E-state index contributed by atoms with van der Waals surface area (Å²) in [5.41, 5.74) is 1.90. The van der Waals surface area contributed by atoms with Gasteiger partial charge in [-0.15, -0.1) is 0 Å². The lowest BCUT2D eigenvalue weighted by Gasteiger charge is -2.32. The number of rotatable bonds is 13. The summed E-state index contributed by atoms with van der Waals surface area (Å²) in [7, 11) is -2.59. The van der Waals surface area contributed by atoms with Crippen LogP contribution >= 0.6 is 11.6 Å². The molecule has 3 aromatic carbocycles. The van der Waals surface area contributed by atoms with E-state index in [1.807, 2.05) is 13.8 Å². The Bertz CT molecular complexity index is 1400. The summed E-state index contributed by atoms with van der Waals surface area (Å²) in [6.07, 6.45) is 1.72. The number of hydrogen-bond acceptors (Lipinski definition) is 5. The van der Waals surface area contributed by atoms with Gasteiger partial charge in [0, 0.05) is 18.1 Å². The van der Waals surface area contributed by atoms with E-state index in [-0.39, 0.29) is 23.0 Å². The van der Waals surface area contributed by atoms with Crippen molar-refractivity contribution in [2.24, 2.45) is 0 Å². The van der Waals surface area contributed by atoms with Crippen LogP contribution in [0.5, 0.6) is 5.75 Å². The third-order valence-electron chi connectivity index (χ3n) is 6.49. The fourth-order valence-corrected chi connectivity index (χ4v) is 5.63. The van der Waals surface area contributed by atoms with Gasteiger partial charge in [0.25, 0.3) is 10.0 Å². The molecule has 0 aliphatic carbocycles. The summed E-state index contributed by atoms with van der Waals surface area (Å²) in [6, 6.07) is 19.0. The minimum atomic E-state index is -4.15. The molecule has 3 rings (SSSR count). The summed E-state index contributed by atoms with van der Waals surface area (Å²) in [5.74, 6) is -0.195. The lowest BCUT2D eigenvalue weighted by molar-refractivity contribution is -0.139. The topological polar surface area (TPSA) is 96.0 Å². The molecule has 0 aliphatic rings. The summed E-state index contributed by atoms with van der Waals surface area (Å²) in [5, 5.41) is 3.20. The molecular formula is C30H36ClN3O5S. The first kappa shape index (κ1) is 31.0. The number of methoxy groups -OCH3 is 1. The third kappa shape index (κ3) is 7.99. The molecule has 0 bridgehead atoms. The molecule has 0 aliphatic heterocycles. The molecule has 10 heteroatoms. The molecule has 1 N–H and O–H groups in total. The highest BCUT2D eigenvalue weighted by Crippen LogP contribution is 2.27. The largest absolute Gasteiger partial charge is 0.497 e. The Morgan fingerprint density at radius 2 is 1.70 bits per heavy atom. The van der Waals surface area contributed by atoms with Crippen LogP contribution in [0.25, 0.3) is 0 Å². The third-order valence-corrected chi connectivity index (χ3v) is 8.52. The van der Waals surface area contributed by atoms with Crippen LogP contribution in [-0.2, 0) is 26.2 Å². The van der Waals surface area contributed by atoms with Crippen LogP contribution in [0.4, 0.5) is 5.69 Å². The molecule has 40 heavy (non-hydrogen) atoms. The molecule has 0 spiro atoms. The number of benzene rings is 3. The standard InChI is InChI=1S/C30H36ClN3O5S/c1-5-6-18-32-30(36)23(3)33(20-24-12-14-27(39-4)15-13-24)29(35)21-34(26-9-7-8-25(31)19-26)40(37,38)28-16-10-22(2)11-17-28/h7-17,19,23H,5-6,18,20-21H2,1-4H3,(H,32,36)/t23-/m1/s1. The SMILES string of the molecule is CCCCNC(=O)[C@@H](C)N(Cc1ccc(OC)cc1)C(=O)CN(c1cccc(Cl)c1)S(=O)(=O)c1ccc(C)cc1. The predicted molar refractivity (Wildman–Crippen MR) is 158 cm³/mol. The monoisotopic (exact) mass is 585 g/mol. The summed E-state index contributed by atoms with van der Waals surface area (Å²) in [6.45, 7) is 5.58. The maximum absolute atomic E-state index is 13.9. The molecule has 0 saturated heterocycles. The van der Waals surface area contributed by atoms with Crippen molar-refractivity contribution in [2.45, 2.75) is 51.1 Å². The van der Waals surface area contributed by atoms with Crippen molar-refractivity contribution >= 4 is 39.1 Å². The van der Waals surface area contributed by atoms with Crippen LogP contribution in [-0.4, -0.2) is 51.4 Å². The first-order chi connectivity index (χ1) is 19.1. The quantitative estimate of drug-likeness (QED) is 0.279. The Morgan fingerprint density at radius 3 is 2.30 bits per heavy atom. The Morgan fingerprint density at radius 1 is 1.02 bits per heavy atom. The smallest absolute Gasteiger partial charge is 0.264 e. The van der Waals surface area contributed by atoms with Crippen molar-refractivity contribution in [1.29, 1.82) is 0 Å². The van der Waals surface area contributed by atoms with Crippen molar-refractivity contribution < 1.29 is 22.7 Å². The number of anilines is 1. The van der Waals surface area contributed by atoms with Crippen LogP contribution in [0.2, 0.25) is 5.02 Å². The number of nitrogens with one attached hydrogen (secondary N) is 1. The van der Waals surface area contributed by atoms with E-state index in [4.69, 9.17) is 16.3 Å². The highest BCUT2D eigenvalue weighted by atomic mass is 35.5. The number of nitrogens with zero attached hydrogens (tertiary/aromatic N) is 2. The minimum absolute atomic E-state index is 0.0398. The molecule has 8 nitrogen and oxygen atoms in total. The number of sulfonamides is 1. The van der Waals surface area contributed by atoms with Gasteiger partial charge in [-0.25, -0.2) is 8.42 Å². The molecule has 0 unspecified atom stereocenters. The van der Waals surface area contributed by atoms with Crippen molar-refractivity contribution in [3.8, 4) is 5.75 Å². The molecule has 0 heterocycles. The summed E-state index contributed by atoms with van der Waals surface area (Å²) >= 11 is 6.21. The number of carbonyl (C=O) groups is 2. The van der Waals surface area contributed by atoms with E-state index in [9.17, 15) is 18.0 Å². The highest BCUT2D eigenvalue weighted by Gasteiger charge is 2.32. The zero-order valence-electron chi connectivity index (χ0n) is 23.3. The zero-order chi connectivity index (χ0) is 29.3. The van der Waals surface area contributed by atoms with Crippen LogP contribution in [0.3, 0.4) is 0 Å². The van der Waals surface area contributed by atoms with Crippen molar-refractivity contribution in [1.82, 2.24) is 10.2 Å². The van der Waals surface area contributed by atoms with Gasteiger partial charge < -0.3 is 15.0 Å². The fourth-order valence-electron chi connectivity index (χ4n) is 4.04. The number of amides is 2. The normalized spacial score (nSPS) is 11.9. The zero-order valence-corrected chi connectivity index (χ0v) is 24.8. The maximum Gasteiger partial charge on any atom is 0.264 e. The van der Waals surface area contributed by atoms with E-state index < -0.39 is 28.5 Å². The summed E-state index contributed by atoms with van der Waals surface area (Å²) in [4.78, 5) is 28.4.